The van der Waals surface area contributed by atoms with Gasteiger partial charge in [0.05, 0.1) is 13.5 Å². The highest BCUT2D eigenvalue weighted by atomic mass is 16.5. The first kappa shape index (κ1) is 12.7. The van der Waals surface area contributed by atoms with Crippen LogP contribution in [-0.2, 0) is 15.1 Å². The van der Waals surface area contributed by atoms with E-state index in [1.54, 1.807) is 0 Å². The fourth-order valence-corrected chi connectivity index (χ4v) is 1.66. The SMILES string of the molecule is COC(=O)CC(O)(c1ccccc1)C(C)C. The van der Waals surface area contributed by atoms with Gasteiger partial charge in [-0.1, -0.05) is 44.2 Å². The molecule has 1 N–H and O–H groups in total. The second kappa shape index (κ2) is 5.12. The van der Waals surface area contributed by atoms with E-state index in [-0.39, 0.29) is 12.3 Å². The van der Waals surface area contributed by atoms with Gasteiger partial charge >= 0.3 is 5.97 Å². The Kier molecular flexibility index (Phi) is 4.07. The highest BCUT2D eigenvalue weighted by Gasteiger charge is 2.35. The highest BCUT2D eigenvalue weighted by Crippen LogP contribution is 2.33. The Morgan fingerprint density at radius 3 is 2.38 bits per heavy atom. The van der Waals surface area contributed by atoms with Gasteiger partial charge in [-0.3, -0.25) is 4.79 Å². The molecule has 0 saturated heterocycles. The predicted molar refractivity (Wildman–Crippen MR) is 61.8 cm³/mol. The van der Waals surface area contributed by atoms with Crippen molar-refractivity contribution in [2.24, 2.45) is 5.92 Å². The number of aliphatic hydroxyl groups is 1. The first-order valence-corrected chi connectivity index (χ1v) is 5.35. The molecule has 3 heteroatoms. The van der Waals surface area contributed by atoms with Crippen molar-refractivity contribution in [2.45, 2.75) is 25.9 Å². The van der Waals surface area contributed by atoms with E-state index in [4.69, 9.17) is 0 Å². The van der Waals surface area contributed by atoms with Crippen LogP contribution in [0.5, 0.6) is 0 Å². The minimum absolute atomic E-state index is 0.0226. The Labute approximate surface area is 96.1 Å². The van der Waals surface area contributed by atoms with E-state index in [9.17, 15) is 9.90 Å². The number of esters is 1. The number of rotatable bonds is 4. The monoisotopic (exact) mass is 222 g/mol. The summed E-state index contributed by atoms with van der Waals surface area (Å²) in [5.41, 5.74) is -0.413. The average molecular weight is 222 g/mol. The minimum atomic E-state index is -1.16. The fraction of sp³-hybridized carbons (Fsp3) is 0.462. The summed E-state index contributed by atoms with van der Waals surface area (Å²) >= 11 is 0. The van der Waals surface area contributed by atoms with Crippen LogP contribution in [-0.4, -0.2) is 18.2 Å². The zero-order valence-corrected chi connectivity index (χ0v) is 9.93. The summed E-state index contributed by atoms with van der Waals surface area (Å²) in [4.78, 5) is 11.3. The molecular formula is C13H18O3. The van der Waals surface area contributed by atoms with E-state index in [1.807, 2.05) is 44.2 Å². The van der Waals surface area contributed by atoms with E-state index in [0.29, 0.717) is 0 Å². The number of methoxy groups -OCH3 is 1. The average Bonchev–Trinajstić information content (AvgIpc) is 2.29. The minimum Gasteiger partial charge on any atom is -0.469 e. The van der Waals surface area contributed by atoms with Crippen molar-refractivity contribution in [3.8, 4) is 0 Å². The van der Waals surface area contributed by atoms with Gasteiger partial charge in [-0.25, -0.2) is 0 Å². The summed E-state index contributed by atoms with van der Waals surface area (Å²) in [6.45, 7) is 3.77. The quantitative estimate of drug-likeness (QED) is 0.793. The maximum Gasteiger partial charge on any atom is 0.308 e. The van der Waals surface area contributed by atoms with E-state index in [2.05, 4.69) is 4.74 Å². The Bertz CT molecular complexity index is 345. The topological polar surface area (TPSA) is 46.5 Å². The summed E-state index contributed by atoms with van der Waals surface area (Å²) in [6, 6.07) is 9.22. The molecular weight excluding hydrogens is 204 g/mol. The number of ether oxygens (including phenoxy) is 1. The standard InChI is InChI=1S/C13H18O3/c1-10(2)13(15,9-12(14)16-3)11-7-5-4-6-8-11/h4-8,10,15H,9H2,1-3H3. The molecule has 0 fully saturated rings. The van der Waals surface area contributed by atoms with Crippen molar-refractivity contribution in [3.63, 3.8) is 0 Å². The van der Waals surface area contributed by atoms with Gasteiger partial charge in [-0.15, -0.1) is 0 Å². The van der Waals surface area contributed by atoms with Crippen LogP contribution >= 0.6 is 0 Å². The lowest BCUT2D eigenvalue weighted by molar-refractivity contribution is -0.148. The number of carbonyl (C=O) groups excluding carboxylic acids is 1. The summed E-state index contributed by atoms with van der Waals surface area (Å²) in [5, 5.41) is 10.6. The summed E-state index contributed by atoms with van der Waals surface area (Å²) in [7, 11) is 1.33. The van der Waals surface area contributed by atoms with Crippen LogP contribution in [0.1, 0.15) is 25.8 Å². The van der Waals surface area contributed by atoms with E-state index >= 15 is 0 Å². The predicted octanol–water partition coefficient (Wildman–Crippen LogP) is 2.09. The molecule has 0 amide bonds. The zero-order valence-electron chi connectivity index (χ0n) is 9.93. The van der Waals surface area contributed by atoms with Crippen LogP contribution in [0, 0.1) is 5.92 Å². The second-order valence-electron chi connectivity index (χ2n) is 4.20. The van der Waals surface area contributed by atoms with Gasteiger partial charge < -0.3 is 9.84 Å². The molecule has 0 aliphatic rings. The maximum atomic E-state index is 11.3. The molecule has 1 aromatic carbocycles. The molecule has 0 spiro atoms. The first-order chi connectivity index (χ1) is 7.50. The molecule has 0 aromatic heterocycles. The number of benzene rings is 1. The second-order valence-corrected chi connectivity index (χ2v) is 4.20. The van der Waals surface area contributed by atoms with Crippen LogP contribution < -0.4 is 0 Å². The van der Waals surface area contributed by atoms with Gasteiger partial charge in [0.1, 0.15) is 5.60 Å². The van der Waals surface area contributed by atoms with Crippen LogP contribution in [0.25, 0.3) is 0 Å². The van der Waals surface area contributed by atoms with Gasteiger partial charge in [-0.2, -0.15) is 0 Å². The van der Waals surface area contributed by atoms with Crippen LogP contribution in [0.3, 0.4) is 0 Å². The third kappa shape index (κ3) is 2.61. The lowest BCUT2D eigenvalue weighted by atomic mass is 9.81. The normalized spacial score (nSPS) is 14.6. The molecule has 1 unspecified atom stereocenters. The maximum absolute atomic E-state index is 11.3. The third-order valence-corrected chi connectivity index (χ3v) is 2.87. The highest BCUT2D eigenvalue weighted by molar-refractivity contribution is 5.71. The van der Waals surface area contributed by atoms with E-state index in [0.717, 1.165) is 5.56 Å². The molecule has 1 aromatic rings. The Balaban J connectivity index is 3.02. The fourth-order valence-electron chi connectivity index (χ4n) is 1.66. The van der Waals surface area contributed by atoms with Crippen molar-refractivity contribution in [1.29, 1.82) is 0 Å². The van der Waals surface area contributed by atoms with Crippen molar-refractivity contribution < 1.29 is 14.6 Å². The van der Waals surface area contributed by atoms with Gasteiger partial charge in [0, 0.05) is 0 Å². The molecule has 1 atom stereocenters. The zero-order chi connectivity index (χ0) is 12.2. The van der Waals surface area contributed by atoms with Gasteiger partial charge in [-0.05, 0) is 11.5 Å². The lowest BCUT2D eigenvalue weighted by Crippen LogP contribution is -2.35. The van der Waals surface area contributed by atoms with Gasteiger partial charge in [0.25, 0.3) is 0 Å². The Morgan fingerprint density at radius 2 is 1.94 bits per heavy atom. The molecule has 3 nitrogen and oxygen atoms in total. The first-order valence-electron chi connectivity index (χ1n) is 5.35. The molecule has 88 valence electrons. The number of hydrogen-bond acceptors (Lipinski definition) is 3. The molecule has 16 heavy (non-hydrogen) atoms. The largest absolute Gasteiger partial charge is 0.469 e. The van der Waals surface area contributed by atoms with Gasteiger partial charge in [0.15, 0.2) is 0 Å². The summed E-state index contributed by atoms with van der Waals surface area (Å²) < 4.78 is 4.62. The van der Waals surface area contributed by atoms with Crippen LogP contribution in [0.4, 0.5) is 0 Å². The summed E-state index contributed by atoms with van der Waals surface area (Å²) in [6.07, 6.45) is -0.0226. The number of carbonyl (C=O) groups is 1. The van der Waals surface area contributed by atoms with Gasteiger partial charge in [0.2, 0.25) is 0 Å². The van der Waals surface area contributed by atoms with Crippen LogP contribution in [0.2, 0.25) is 0 Å². The van der Waals surface area contributed by atoms with Crippen molar-refractivity contribution in [1.82, 2.24) is 0 Å². The molecule has 0 aliphatic heterocycles. The Hall–Kier alpha value is -1.35. The van der Waals surface area contributed by atoms with Crippen LogP contribution in [0.15, 0.2) is 30.3 Å². The third-order valence-electron chi connectivity index (χ3n) is 2.87. The molecule has 0 heterocycles. The van der Waals surface area contributed by atoms with Crippen molar-refractivity contribution in [3.05, 3.63) is 35.9 Å². The molecule has 0 saturated carbocycles. The van der Waals surface area contributed by atoms with E-state index < -0.39 is 11.6 Å². The molecule has 0 aliphatic carbocycles. The Morgan fingerprint density at radius 1 is 1.38 bits per heavy atom. The van der Waals surface area contributed by atoms with Crippen molar-refractivity contribution in [2.75, 3.05) is 7.11 Å². The molecule has 0 bridgehead atoms. The molecule has 0 radical (unpaired) electrons. The smallest absolute Gasteiger partial charge is 0.308 e. The van der Waals surface area contributed by atoms with E-state index in [1.165, 1.54) is 7.11 Å². The molecule has 1 rings (SSSR count). The van der Waals surface area contributed by atoms with Crippen molar-refractivity contribution >= 4 is 5.97 Å². The lowest BCUT2D eigenvalue weighted by Gasteiger charge is -2.31. The number of hydrogen-bond donors (Lipinski definition) is 1. The summed E-state index contributed by atoms with van der Waals surface area (Å²) in [5.74, 6) is -0.464.